The second-order valence-electron chi connectivity index (χ2n) is 8.26. The molecule has 0 aliphatic carbocycles. The Kier molecular flexibility index (Phi) is 7.40. The van der Waals surface area contributed by atoms with E-state index in [0.29, 0.717) is 41.8 Å². The van der Waals surface area contributed by atoms with Crippen LogP contribution in [0.4, 0.5) is 29.3 Å². The van der Waals surface area contributed by atoms with Crippen LogP contribution in [0.1, 0.15) is 27.9 Å². The summed E-state index contributed by atoms with van der Waals surface area (Å²) >= 11 is 6.08. The molecule has 0 saturated carbocycles. The molecular weight excluding hydrogens is 495 g/mol. The summed E-state index contributed by atoms with van der Waals surface area (Å²) in [6, 6.07) is 15.9. The predicted octanol–water partition coefficient (Wildman–Crippen LogP) is 6.45. The van der Waals surface area contributed by atoms with Gasteiger partial charge in [0.1, 0.15) is 5.75 Å². The van der Waals surface area contributed by atoms with Crippen LogP contribution in [-0.4, -0.2) is 37.0 Å². The molecule has 3 amide bonds. The minimum Gasteiger partial charge on any atom is -0.495 e. The molecule has 1 heterocycles. The highest BCUT2D eigenvalue weighted by Gasteiger charge is 2.31. The number of nitrogens with zero attached hydrogens (tertiary/aromatic N) is 2. The molecule has 6 nitrogen and oxygen atoms in total. The highest BCUT2D eigenvalue weighted by molar-refractivity contribution is 6.30. The van der Waals surface area contributed by atoms with Crippen LogP contribution in [0.3, 0.4) is 0 Å². The largest absolute Gasteiger partial charge is 0.495 e. The highest BCUT2D eigenvalue weighted by Crippen LogP contribution is 2.34. The minimum absolute atomic E-state index is 0.0714. The topological polar surface area (TPSA) is 61.9 Å². The summed E-state index contributed by atoms with van der Waals surface area (Å²) in [5, 5.41) is 3.27. The van der Waals surface area contributed by atoms with Gasteiger partial charge in [0.25, 0.3) is 5.91 Å². The van der Waals surface area contributed by atoms with Gasteiger partial charge in [0, 0.05) is 35.9 Å². The van der Waals surface area contributed by atoms with E-state index in [1.54, 1.807) is 34.1 Å². The fraction of sp³-hybridized carbons (Fsp3) is 0.231. The fourth-order valence-corrected chi connectivity index (χ4v) is 4.21. The molecule has 10 heteroatoms. The molecule has 3 aromatic rings. The molecule has 0 radical (unpaired) electrons. The van der Waals surface area contributed by atoms with Crippen LogP contribution in [0.2, 0.25) is 5.02 Å². The zero-order chi connectivity index (χ0) is 25.9. The van der Waals surface area contributed by atoms with Crippen LogP contribution in [0.5, 0.6) is 5.75 Å². The van der Waals surface area contributed by atoms with Crippen molar-refractivity contribution in [1.29, 1.82) is 0 Å². The number of alkyl halides is 3. The number of carbonyl (C=O) groups is 2. The summed E-state index contributed by atoms with van der Waals surface area (Å²) in [5.74, 6) is -0.132. The summed E-state index contributed by atoms with van der Waals surface area (Å²) < 4.78 is 43.9. The van der Waals surface area contributed by atoms with E-state index in [2.05, 4.69) is 5.32 Å². The van der Waals surface area contributed by atoms with Crippen LogP contribution in [-0.2, 0) is 12.7 Å². The number of methoxy groups -OCH3 is 1. The Morgan fingerprint density at radius 2 is 1.81 bits per heavy atom. The van der Waals surface area contributed by atoms with Crippen molar-refractivity contribution in [3.63, 3.8) is 0 Å². The average Bonchev–Trinajstić information content (AvgIpc) is 2.85. The Morgan fingerprint density at radius 1 is 1.06 bits per heavy atom. The number of benzene rings is 3. The third-order valence-corrected chi connectivity index (χ3v) is 6.01. The van der Waals surface area contributed by atoms with E-state index in [9.17, 15) is 22.8 Å². The number of rotatable bonds is 6. The molecule has 4 rings (SSSR count). The lowest BCUT2D eigenvalue weighted by Crippen LogP contribution is -2.49. The number of urea groups is 1. The first-order valence-corrected chi connectivity index (χ1v) is 11.5. The van der Waals surface area contributed by atoms with E-state index in [0.717, 1.165) is 36.2 Å². The lowest BCUT2D eigenvalue weighted by Gasteiger charge is -2.36. The van der Waals surface area contributed by atoms with Gasteiger partial charge in [-0.15, -0.1) is 0 Å². The second-order valence-corrected chi connectivity index (χ2v) is 8.69. The Morgan fingerprint density at radius 3 is 2.47 bits per heavy atom. The van der Waals surface area contributed by atoms with E-state index < -0.39 is 17.6 Å². The van der Waals surface area contributed by atoms with Crippen LogP contribution in [0.15, 0.2) is 66.7 Å². The van der Waals surface area contributed by atoms with E-state index in [-0.39, 0.29) is 11.6 Å². The molecule has 0 aromatic heterocycles. The van der Waals surface area contributed by atoms with Crippen molar-refractivity contribution in [2.75, 3.05) is 30.4 Å². The number of amides is 3. The maximum absolute atomic E-state index is 13.3. The van der Waals surface area contributed by atoms with Crippen LogP contribution in [0.25, 0.3) is 0 Å². The molecule has 188 valence electrons. The van der Waals surface area contributed by atoms with Crippen molar-refractivity contribution < 1.29 is 27.5 Å². The Hall–Kier alpha value is -3.72. The minimum atomic E-state index is -4.48. The molecule has 1 fully saturated rings. The molecule has 3 aromatic carbocycles. The molecule has 1 N–H and O–H groups in total. The van der Waals surface area contributed by atoms with E-state index in [1.165, 1.54) is 7.11 Å². The Labute approximate surface area is 211 Å². The van der Waals surface area contributed by atoms with Gasteiger partial charge in [0.05, 0.1) is 18.4 Å². The van der Waals surface area contributed by atoms with Crippen molar-refractivity contribution in [1.82, 2.24) is 4.90 Å². The van der Waals surface area contributed by atoms with Crippen LogP contribution in [0, 0.1) is 0 Å². The van der Waals surface area contributed by atoms with E-state index in [4.69, 9.17) is 16.3 Å². The third kappa shape index (κ3) is 5.73. The van der Waals surface area contributed by atoms with Crippen molar-refractivity contribution in [2.45, 2.75) is 19.1 Å². The van der Waals surface area contributed by atoms with E-state index in [1.807, 2.05) is 18.2 Å². The molecule has 0 spiro atoms. The zero-order valence-electron chi connectivity index (χ0n) is 19.3. The first kappa shape index (κ1) is 25.4. The monoisotopic (exact) mass is 517 g/mol. The maximum atomic E-state index is 13.3. The summed E-state index contributed by atoms with van der Waals surface area (Å²) in [7, 11) is 1.48. The molecular formula is C26H23ClF3N3O3. The van der Waals surface area contributed by atoms with Crippen molar-refractivity contribution in [3.8, 4) is 5.75 Å². The molecule has 0 atom stereocenters. The van der Waals surface area contributed by atoms with Gasteiger partial charge in [-0.25, -0.2) is 4.79 Å². The number of anilines is 2. The molecule has 1 aliphatic rings. The number of hydrogen-bond acceptors (Lipinski definition) is 3. The number of carbonyl (C=O) groups excluding carboxylic acids is 2. The van der Waals surface area contributed by atoms with Gasteiger partial charge in [0.2, 0.25) is 0 Å². The quantitative estimate of drug-likeness (QED) is 0.408. The number of ether oxygens (including phenoxy) is 1. The Bertz CT molecular complexity index is 1270. The summed E-state index contributed by atoms with van der Waals surface area (Å²) in [6.45, 7) is 1.43. The fourth-order valence-electron chi connectivity index (χ4n) is 4.00. The van der Waals surface area contributed by atoms with Gasteiger partial charge >= 0.3 is 12.2 Å². The van der Waals surface area contributed by atoms with Gasteiger partial charge in [-0.3, -0.25) is 9.69 Å². The standard InChI is InChI=1S/C26H23ClF3N3O3/c1-36-23-11-10-21(31-24(34)18-6-8-19(9-7-18)26(28,29)30)15-22(23)33-13-3-12-32(25(33)35)16-17-4-2-5-20(27)14-17/h2,4-11,14-15H,3,12-13,16H2,1H3,(H,31,34). The smallest absolute Gasteiger partial charge is 0.416 e. The summed E-state index contributed by atoms with van der Waals surface area (Å²) in [6.07, 6.45) is -3.76. The van der Waals surface area contributed by atoms with E-state index >= 15 is 0 Å². The summed E-state index contributed by atoms with van der Waals surface area (Å²) in [4.78, 5) is 29.3. The first-order chi connectivity index (χ1) is 17.2. The van der Waals surface area contributed by atoms with Crippen molar-refractivity contribution in [3.05, 3.63) is 88.4 Å². The number of nitrogens with one attached hydrogen (secondary N) is 1. The highest BCUT2D eigenvalue weighted by atomic mass is 35.5. The van der Waals surface area contributed by atoms with Gasteiger partial charge < -0.3 is 15.0 Å². The zero-order valence-corrected chi connectivity index (χ0v) is 20.1. The average molecular weight is 518 g/mol. The van der Waals surface area contributed by atoms with Gasteiger partial charge in [-0.05, 0) is 66.6 Å². The third-order valence-electron chi connectivity index (χ3n) is 5.78. The molecule has 1 saturated heterocycles. The SMILES string of the molecule is COc1ccc(NC(=O)c2ccc(C(F)(F)F)cc2)cc1N1CCCN(Cc2cccc(Cl)c2)C1=O. The predicted molar refractivity (Wildman–Crippen MR) is 132 cm³/mol. The molecule has 1 aliphatic heterocycles. The van der Waals surface area contributed by atoms with Gasteiger partial charge in [-0.1, -0.05) is 23.7 Å². The van der Waals surface area contributed by atoms with Gasteiger partial charge in [-0.2, -0.15) is 13.2 Å². The van der Waals surface area contributed by atoms with Crippen LogP contribution < -0.4 is 15.0 Å². The van der Waals surface area contributed by atoms with Gasteiger partial charge in [0.15, 0.2) is 0 Å². The van der Waals surface area contributed by atoms with Crippen LogP contribution >= 0.6 is 11.6 Å². The number of halogens is 4. The first-order valence-electron chi connectivity index (χ1n) is 11.1. The molecule has 36 heavy (non-hydrogen) atoms. The van der Waals surface area contributed by atoms with Crippen molar-refractivity contribution in [2.24, 2.45) is 0 Å². The second kappa shape index (κ2) is 10.5. The normalized spacial score (nSPS) is 14.1. The lowest BCUT2D eigenvalue weighted by molar-refractivity contribution is -0.137. The molecule has 0 bridgehead atoms. The molecule has 0 unspecified atom stereocenters. The Balaban J connectivity index is 1.53. The lowest BCUT2D eigenvalue weighted by atomic mass is 10.1. The maximum Gasteiger partial charge on any atom is 0.416 e. The van der Waals surface area contributed by atoms with Crippen molar-refractivity contribution >= 4 is 34.9 Å². The number of hydrogen-bond donors (Lipinski definition) is 1. The summed E-state index contributed by atoms with van der Waals surface area (Å²) in [5.41, 5.74) is 0.986.